The average molecular weight is 445 g/mol. The Morgan fingerprint density at radius 1 is 1.26 bits per heavy atom. The first-order chi connectivity index (χ1) is 15.1. The van der Waals surface area contributed by atoms with Gasteiger partial charge in [-0.1, -0.05) is 41.9 Å². The van der Waals surface area contributed by atoms with Crippen LogP contribution in [0.15, 0.2) is 48.5 Å². The highest BCUT2D eigenvalue weighted by molar-refractivity contribution is 6.32. The zero-order valence-corrected chi connectivity index (χ0v) is 18.6. The SMILES string of the molecule is COc1ccc(NC(=O)CN2CC[C@]3(CCCO3)[C@@H](OCc3ccccc3)C2)cc1Cl. The second kappa shape index (κ2) is 10.0. The molecule has 31 heavy (non-hydrogen) atoms. The minimum Gasteiger partial charge on any atom is -0.495 e. The van der Waals surface area contributed by atoms with Gasteiger partial charge >= 0.3 is 0 Å². The van der Waals surface area contributed by atoms with Gasteiger partial charge in [0.15, 0.2) is 0 Å². The molecule has 2 aliphatic rings. The number of carbonyl (C=O) groups excluding carboxylic acids is 1. The van der Waals surface area contributed by atoms with Crippen molar-refractivity contribution in [2.24, 2.45) is 0 Å². The van der Waals surface area contributed by atoms with Crippen LogP contribution in [0.1, 0.15) is 24.8 Å². The number of likely N-dealkylation sites (tertiary alicyclic amines) is 1. The smallest absolute Gasteiger partial charge is 0.238 e. The molecule has 2 saturated heterocycles. The Kier molecular flexibility index (Phi) is 7.13. The predicted molar refractivity (Wildman–Crippen MR) is 121 cm³/mol. The van der Waals surface area contributed by atoms with Gasteiger partial charge in [0.2, 0.25) is 5.91 Å². The number of piperidine rings is 1. The van der Waals surface area contributed by atoms with Crippen molar-refractivity contribution in [1.82, 2.24) is 4.90 Å². The molecule has 4 rings (SSSR count). The summed E-state index contributed by atoms with van der Waals surface area (Å²) in [7, 11) is 1.56. The Labute approximate surface area is 188 Å². The number of rotatable bonds is 7. The van der Waals surface area contributed by atoms with Gasteiger partial charge in [0.05, 0.1) is 37.0 Å². The standard InChI is InChI=1S/C24H29ClN2O4/c1-29-21-9-8-19(14-20(21)25)26-23(28)16-27-12-11-24(10-5-13-31-24)22(15-27)30-17-18-6-3-2-4-7-18/h2-4,6-9,14,22H,5,10-13,15-17H2,1H3,(H,26,28)/t22-,24+/m0/s1. The van der Waals surface area contributed by atoms with Crippen LogP contribution in [0.2, 0.25) is 5.02 Å². The van der Waals surface area contributed by atoms with E-state index in [1.54, 1.807) is 25.3 Å². The molecule has 2 aromatic carbocycles. The number of ether oxygens (including phenoxy) is 3. The molecule has 1 spiro atoms. The van der Waals surface area contributed by atoms with Crippen LogP contribution in [-0.4, -0.2) is 55.9 Å². The molecule has 1 N–H and O–H groups in total. The van der Waals surface area contributed by atoms with Crippen LogP contribution in [-0.2, 0) is 20.9 Å². The molecule has 0 bridgehead atoms. The van der Waals surface area contributed by atoms with Crippen LogP contribution in [0.25, 0.3) is 0 Å². The van der Waals surface area contributed by atoms with E-state index in [9.17, 15) is 4.79 Å². The molecule has 6 nitrogen and oxygen atoms in total. The molecule has 2 atom stereocenters. The molecule has 0 aliphatic carbocycles. The number of hydrogen-bond acceptors (Lipinski definition) is 5. The highest BCUT2D eigenvalue weighted by Gasteiger charge is 2.47. The van der Waals surface area contributed by atoms with E-state index in [-0.39, 0.29) is 17.6 Å². The van der Waals surface area contributed by atoms with Gasteiger partial charge in [-0.3, -0.25) is 9.69 Å². The van der Waals surface area contributed by atoms with E-state index in [0.717, 1.165) is 38.0 Å². The fraction of sp³-hybridized carbons (Fsp3) is 0.458. The summed E-state index contributed by atoms with van der Waals surface area (Å²) in [5, 5.41) is 3.39. The third kappa shape index (κ3) is 5.39. The molecule has 2 aromatic rings. The number of benzene rings is 2. The van der Waals surface area contributed by atoms with Crippen LogP contribution in [0.5, 0.6) is 5.75 Å². The van der Waals surface area contributed by atoms with Crippen molar-refractivity contribution in [2.45, 2.75) is 37.6 Å². The first kappa shape index (κ1) is 22.1. The first-order valence-corrected chi connectivity index (χ1v) is 11.1. The lowest BCUT2D eigenvalue weighted by Crippen LogP contribution is -2.57. The molecule has 2 aliphatic heterocycles. The Hall–Kier alpha value is -2.12. The van der Waals surface area contributed by atoms with Crippen molar-refractivity contribution in [3.63, 3.8) is 0 Å². The third-order valence-electron chi connectivity index (χ3n) is 6.09. The molecular weight excluding hydrogens is 416 g/mol. The first-order valence-electron chi connectivity index (χ1n) is 10.7. The summed E-state index contributed by atoms with van der Waals surface area (Å²) in [6.45, 7) is 3.10. The molecule has 7 heteroatoms. The number of nitrogens with one attached hydrogen (secondary N) is 1. The van der Waals surface area contributed by atoms with Crippen LogP contribution in [0.3, 0.4) is 0 Å². The predicted octanol–water partition coefficient (Wildman–Crippen LogP) is 4.13. The second-order valence-corrected chi connectivity index (χ2v) is 8.59. The van der Waals surface area contributed by atoms with E-state index in [1.807, 2.05) is 18.2 Å². The number of amides is 1. The van der Waals surface area contributed by atoms with E-state index >= 15 is 0 Å². The number of halogens is 1. The zero-order chi connectivity index (χ0) is 21.7. The number of anilines is 1. The van der Waals surface area contributed by atoms with E-state index in [1.165, 1.54) is 0 Å². The molecule has 166 valence electrons. The number of methoxy groups -OCH3 is 1. The van der Waals surface area contributed by atoms with Gasteiger partial charge in [-0.2, -0.15) is 0 Å². The Balaban J connectivity index is 1.36. The minimum absolute atomic E-state index is 0.0628. The lowest BCUT2D eigenvalue weighted by molar-refractivity contribution is -0.159. The largest absolute Gasteiger partial charge is 0.495 e. The van der Waals surface area contributed by atoms with E-state index in [4.69, 9.17) is 25.8 Å². The topological polar surface area (TPSA) is 60.0 Å². The van der Waals surface area contributed by atoms with Gasteiger partial charge in [-0.25, -0.2) is 0 Å². The lowest BCUT2D eigenvalue weighted by Gasteiger charge is -2.44. The van der Waals surface area contributed by atoms with Crippen molar-refractivity contribution in [1.29, 1.82) is 0 Å². The van der Waals surface area contributed by atoms with Gasteiger partial charge in [0.25, 0.3) is 0 Å². The summed E-state index contributed by atoms with van der Waals surface area (Å²) in [5.74, 6) is 0.502. The summed E-state index contributed by atoms with van der Waals surface area (Å²) >= 11 is 6.16. The maximum Gasteiger partial charge on any atom is 0.238 e. The Bertz CT molecular complexity index is 886. The van der Waals surface area contributed by atoms with E-state index < -0.39 is 0 Å². The fourth-order valence-corrected chi connectivity index (χ4v) is 4.70. The van der Waals surface area contributed by atoms with Crippen LogP contribution >= 0.6 is 11.6 Å². The molecule has 0 aromatic heterocycles. The fourth-order valence-electron chi connectivity index (χ4n) is 4.44. The minimum atomic E-state index is -0.231. The number of hydrogen-bond donors (Lipinski definition) is 1. The van der Waals surface area contributed by atoms with Crippen molar-refractivity contribution in [3.05, 3.63) is 59.1 Å². The van der Waals surface area contributed by atoms with Crippen molar-refractivity contribution >= 4 is 23.2 Å². The molecule has 0 radical (unpaired) electrons. The highest BCUT2D eigenvalue weighted by Crippen LogP contribution is 2.38. The highest BCUT2D eigenvalue weighted by atomic mass is 35.5. The number of carbonyl (C=O) groups is 1. The monoisotopic (exact) mass is 444 g/mol. The summed E-state index contributed by atoms with van der Waals surface area (Å²) in [6, 6.07) is 15.4. The normalized spacial score (nSPS) is 23.7. The Morgan fingerprint density at radius 2 is 2.10 bits per heavy atom. The Morgan fingerprint density at radius 3 is 2.81 bits per heavy atom. The van der Waals surface area contributed by atoms with Crippen LogP contribution < -0.4 is 10.1 Å². The quantitative estimate of drug-likeness (QED) is 0.695. The van der Waals surface area contributed by atoms with E-state index in [0.29, 0.717) is 36.2 Å². The molecule has 1 amide bonds. The van der Waals surface area contributed by atoms with Gasteiger partial charge in [-0.15, -0.1) is 0 Å². The molecule has 0 unspecified atom stereocenters. The zero-order valence-electron chi connectivity index (χ0n) is 17.8. The summed E-state index contributed by atoms with van der Waals surface area (Å²) in [5.41, 5.74) is 1.56. The number of nitrogens with zero attached hydrogens (tertiary/aromatic N) is 1. The summed E-state index contributed by atoms with van der Waals surface area (Å²) in [6.07, 6.45) is 2.88. The van der Waals surface area contributed by atoms with Crippen molar-refractivity contribution in [3.8, 4) is 5.75 Å². The van der Waals surface area contributed by atoms with Gasteiger partial charge in [-0.05, 0) is 43.0 Å². The van der Waals surface area contributed by atoms with Gasteiger partial charge < -0.3 is 19.5 Å². The van der Waals surface area contributed by atoms with Gasteiger partial charge in [0, 0.05) is 25.4 Å². The lowest BCUT2D eigenvalue weighted by atomic mass is 9.85. The molecule has 2 heterocycles. The molecular formula is C24H29ClN2O4. The summed E-state index contributed by atoms with van der Waals surface area (Å²) < 4.78 is 17.7. The average Bonchev–Trinajstić information content (AvgIpc) is 3.24. The molecule has 0 saturated carbocycles. The third-order valence-corrected chi connectivity index (χ3v) is 6.39. The maximum absolute atomic E-state index is 12.6. The van der Waals surface area contributed by atoms with Crippen molar-refractivity contribution in [2.75, 3.05) is 38.7 Å². The van der Waals surface area contributed by atoms with Crippen LogP contribution in [0, 0.1) is 0 Å². The van der Waals surface area contributed by atoms with Crippen LogP contribution in [0.4, 0.5) is 5.69 Å². The van der Waals surface area contributed by atoms with E-state index in [2.05, 4.69) is 22.3 Å². The molecule has 2 fully saturated rings. The second-order valence-electron chi connectivity index (χ2n) is 8.18. The van der Waals surface area contributed by atoms with Crippen molar-refractivity contribution < 1.29 is 19.0 Å². The summed E-state index contributed by atoms with van der Waals surface area (Å²) in [4.78, 5) is 14.8. The van der Waals surface area contributed by atoms with Gasteiger partial charge in [0.1, 0.15) is 5.75 Å². The maximum atomic E-state index is 12.6.